The van der Waals surface area contributed by atoms with Gasteiger partial charge in [0.2, 0.25) is 0 Å². The van der Waals surface area contributed by atoms with Crippen LogP contribution in [-0.2, 0) is 26.7 Å². The van der Waals surface area contributed by atoms with Crippen LogP contribution in [0.15, 0.2) is 34.0 Å². The Hall–Kier alpha value is -2.67. The van der Waals surface area contributed by atoms with Crippen molar-refractivity contribution in [1.82, 2.24) is 20.2 Å². The number of fused-ring (bicyclic) bond motifs is 1. The predicted octanol–water partition coefficient (Wildman–Crippen LogP) is -0.393. The number of hydrogen-bond donors (Lipinski definition) is 3. The van der Waals surface area contributed by atoms with E-state index < -0.39 is 17.2 Å². The molecule has 0 saturated carbocycles. The Morgan fingerprint density at radius 3 is 2.86 bits per heavy atom. The minimum atomic E-state index is -0.612. The van der Waals surface area contributed by atoms with Gasteiger partial charge in [-0.25, -0.2) is 4.79 Å². The lowest BCUT2D eigenvalue weighted by molar-refractivity contribution is 0.0948. The smallest absolute Gasteiger partial charge is 0.328 e. The number of amides is 1. The molecule has 2 aromatic rings. The molecule has 1 aliphatic rings. The highest BCUT2D eigenvalue weighted by molar-refractivity contribution is 5.93. The van der Waals surface area contributed by atoms with Gasteiger partial charge in [0.1, 0.15) is 5.56 Å². The van der Waals surface area contributed by atoms with E-state index in [1.165, 1.54) is 18.2 Å². The van der Waals surface area contributed by atoms with Crippen LogP contribution in [0.4, 0.5) is 0 Å². The quantitative estimate of drug-likeness (QED) is 0.719. The fourth-order valence-corrected chi connectivity index (χ4v) is 2.46. The fourth-order valence-electron chi connectivity index (χ4n) is 2.46. The van der Waals surface area contributed by atoms with Gasteiger partial charge in [0.05, 0.1) is 0 Å². The van der Waals surface area contributed by atoms with Crippen molar-refractivity contribution in [1.29, 1.82) is 0 Å². The first-order chi connectivity index (χ1) is 10.6. The van der Waals surface area contributed by atoms with Crippen molar-refractivity contribution in [3.05, 3.63) is 67.5 Å². The topological polar surface area (TPSA) is 96.0 Å². The first kappa shape index (κ1) is 14.3. The van der Waals surface area contributed by atoms with Gasteiger partial charge in [-0.05, 0) is 16.7 Å². The molecule has 0 radical (unpaired) electrons. The molecule has 0 saturated heterocycles. The van der Waals surface area contributed by atoms with Crippen molar-refractivity contribution >= 4 is 5.91 Å². The van der Waals surface area contributed by atoms with E-state index in [-0.39, 0.29) is 5.56 Å². The number of carbonyl (C=O) groups is 1. The molecule has 0 aliphatic carbocycles. The highest BCUT2D eigenvalue weighted by atomic mass is 16.2. The lowest BCUT2D eigenvalue weighted by atomic mass is 10.1. The third-order valence-electron chi connectivity index (χ3n) is 3.78. The molecule has 0 unspecified atom stereocenters. The molecule has 0 fully saturated rings. The van der Waals surface area contributed by atoms with Gasteiger partial charge < -0.3 is 15.6 Å². The number of nitrogens with zero attached hydrogens (tertiary/aromatic N) is 1. The number of rotatable bonds is 3. The van der Waals surface area contributed by atoms with Crippen LogP contribution in [-0.4, -0.2) is 15.5 Å². The number of hydrogen-bond acceptors (Lipinski definition) is 4. The second-order valence-corrected chi connectivity index (χ2v) is 5.26. The van der Waals surface area contributed by atoms with Crippen molar-refractivity contribution < 1.29 is 4.79 Å². The molecule has 2 heterocycles. The van der Waals surface area contributed by atoms with Crippen LogP contribution in [0, 0.1) is 0 Å². The average molecular weight is 300 g/mol. The van der Waals surface area contributed by atoms with Gasteiger partial charge in [-0.1, -0.05) is 18.2 Å². The molecule has 1 aliphatic heterocycles. The van der Waals surface area contributed by atoms with E-state index in [1.54, 1.807) is 0 Å². The highest BCUT2D eigenvalue weighted by Crippen LogP contribution is 2.16. The van der Waals surface area contributed by atoms with Gasteiger partial charge in [-0.2, -0.15) is 0 Å². The van der Waals surface area contributed by atoms with E-state index in [2.05, 4.69) is 15.6 Å². The molecule has 3 N–H and O–H groups in total. The molecule has 114 valence electrons. The third kappa shape index (κ3) is 2.58. The lowest BCUT2D eigenvalue weighted by Gasteiger charge is -2.07. The Bertz CT molecular complexity index is 851. The first-order valence-corrected chi connectivity index (χ1v) is 6.94. The summed E-state index contributed by atoms with van der Waals surface area (Å²) in [7, 11) is 1.32. The summed E-state index contributed by atoms with van der Waals surface area (Å²) < 4.78 is 0.871. The van der Waals surface area contributed by atoms with Crippen LogP contribution < -0.4 is 21.9 Å². The number of H-pyrrole nitrogens is 1. The number of benzene rings is 1. The van der Waals surface area contributed by atoms with Crippen molar-refractivity contribution in [2.24, 2.45) is 7.05 Å². The minimum Gasteiger partial charge on any atom is -0.348 e. The van der Waals surface area contributed by atoms with Crippen LogP contribution in [0.5, 0.6) is 0 Å². The second kappa shape index (κ2) is 5.61. The molecular formula is C15H16N4O3. The van der Waals surface area contributed by atoms with E-state index >= 15 is 0 Å². The monoisotopic (exact) mass is 300 g/mol. The molecule has 1 amide bonds. The number of nitrogens with one attached hydrogen (secondary N) is 3. The van der Waals surface area contributed by atoms with E-state index in [4.69, 9.17) is 0 Å². The molecule has 22 heavy (non-hydrogen) atoms. The molecule has 1 aromatic carbocycles. The summed E-state index contributed by atoms with van der Waals surface area (Å²) in [5.41, 5.74) is 2.23. The SMILES string of the molecule is Cn1c(=O)[nH]cc(C(=O)NCc2ccc3c(c2)CNC3)c1=O. The van der Waals surface area contributed by atoms with Crippen molar-refractivity contribution in [2.45, 2.75) is 19.6 Å². The zero-order chi connectivity index (χ0) is 15.7. The number of aromatic amines is 1. The van der Waals surface area contributed by atoms with E-state index in [0.717, 1.165) is 29.4 Å². The molecular weight excluding hydrogens is 284 g/mol. The Kier molecular flexibility index (Phi) is 3.64. The van der Waals surface area contributed by atoms with Crippen LogP contribution in [0.1, 0.15) is 27.0 Å². The number of carbonyl (C=O) groups excluding carboxylic acids is 1. The predicted molar refractivity (Wildman–Crippen MR) is 80.5 cm³/mol. The van der Waals surface area contributed by atoms with E-state index in [0.29, 0.717) is 6.54 Å². The summed E-state index contributed by atoms with van der Waals surface area (Å²) in [4.78, 5) is 37.6. The molecule has 1 aromatic heterocycles. The molecule has 0 spiro atoms. The second-order valence-electron chi connectivity index (χ2n) is 5.26. The zero-order valence-electron chi connectivity index (χ0n) is 12.1. The Morgan fingerprint density at radius 1 is 1.27 bits per heavy atom. The van der Waals surface area contributed by atoms with Crippen molar-refractivity contribution in [2.75, 3.05) is 0 Å². The van der Waals surface area contributed by atoms with Gasteiger partial charge in [0.15, 0.2) is 0 Å². The van der Waals surface area contributed by atoms with Gasteiger partial charge in [0.25, 0.3) is 11.5 Å². The summed E-state index contributed by atoms with van der Waals surface area (Å²) in [6.07, 6.45) is 1.15. The number of aromatic nitrogens is 2. The maximum atomic E-state index is 12.1. The average Bonchev–Trinajstić information content (AvgIpc) is 2.98. The lowest BCUT2D eigenvalue weighted by Crippen LogP contribution is -2.38. The minimum absolute atomic E-state index is 0.0788. The summed E-state index contributed by atoms with van der Waals surface area (Å²) in [6.45, 7) is 2.03. The largest absolute Gasteiger partial charge is 0.348 e. The third-order valence-corrected chi connectivity index (χ3v) is 3.78. The first-order valence-electron chi connectivity index (χ1n) is 6.94. The Balaban J connectivity index is 1.74. The van der Waals surface area contributed by atoms with Crippen LogP contribution in [0.2, 0.25) is 0 Å². The maximum absolute atomic E-state index is 12.1. The van der Waals surface area contributed by atoms with Crippen LogP contribution >= 0.6 is 0 Å². The highest BCUT2D eigenvalue weighted by Gasteiger charge is 2.14. The van der Waals surface area contributed by atoms with Gasteiger partial charge >= 0.3 is 5.69 Å². The molecule has 7 nitrogen and oxygen atoms in total. The fraction of sp³-hybridized carbons (Fsp3) is 0.267. The van der Waals surface area contributed by atoms with Gasteiger partial charge in [0, 0.05) is 32.9 Å². The van der Waals surface area contributed by atoms with Crippen LogP contribution in [0.25, 0.3) is 0 Å². The molecule has 0 bridgehead atoms. The molecule has 7 heteroatoms. The van der Waals surface area contributed by atoms with Gasteiger partial charge in [-0.15, -0.1) is 0 Å². The van der Waals surface area contributed by atoms with Crippen molar-refractivity contribution in [3.8, 4) is 0 Å². The van der Waals surface area contributed by atoms with E-state index in [1.807, 2.05) is 18.2 Å². The van der Waals surface area contributed by atoms with Gasteiger partial charge in [-0.3, -0.25) is 14.2 Å². The summed E-state index contributed by atoms with van der Waals surface area (Å²) in [5.74, 6) is -0.504. The Morgan fingerprint density at radius 2 is 2.05 bits per heavy atom. The van der Waals surface area contributed by atoms with Crippen LogP contribution in [0.3, 0.4) is 0 Å². The summed E-state index contributed by atoms with van der Waals surface area (Å²) in [6, 6.07) is 6.04. The molecule has 3 rings (SSSR count). The summed E-state index contributed by atoms with van der Waals surface area (Å²) in [5, 5.41) is 5.96. The van der Waals surface area contributed by atoms with E-state index in [9.17, 15) is 14.4 Å². The normalized spacial score (nSPS) is 13.0. The Labute approximate surface area is 126 Å². The standard InChI is InChI=1S/C15H16N4O3/c1-19-14(21)12(8-18-15(19)22)13(20)17-5-9-2-3-10-6-16-7-11(10)4-9/h2-4,8,16H,5-7H2,1H3,(H,17,20)(H,18,22). The zero-order valence-corrected chi connectivity index (χ0v) is 12.1. The summed E-state index contributed by atoms with van der Waals surface area (Å²) >= 11 is 0. The maximum Gasteiger partial charge on any atom is 0.328 e. The molecule has 0 atom stereocenters. The van der Waals surface area contributed by atoms with Crippen molar-refractivity contribution in [3.63, 3.8) is 0 Å².